The van der Waals surface area contributed by atoms with Gasteiger partial charge in [0.25, 0.3) is 0 Å². The van der Waals surface area contributed by atoms with Crippen LogP contribution in [0.25, 0.3) is 0 Å². The van der Waals surface area contributed by atoms with Crippen molar-refractivity contribution in [3.63, 3.8) is 0 Å². The van der Waals surface area contributed by atoms with Crippen molar-refractivity contribution >= 4 is 0 Å². The van der Waals surface area contributed by atoms with Crippen molar-refractivity contribution in [3.8, 4) is 0 Å². The molecule has 1 aromatic rings. The van der Waals surface area contributed by atoms with Gasteiger partial charge in [-0.25, -0.2) is 0 Å². The number of hydrogen-bond acceptors (Lipinski definition) is 1. The van der Waals surface area contributed by atoms with Crippen LogP contribution in [0.5, 0.6) is 0 Å². The molecule has 7 atom stereocenters. The maximum Gasteiger partial charge on any atom is 0.0812 e. The number of fused-ring (bicyclic) bond motifs is 1. The van der Waals surface area contributed by atoms with Crippen LogP contribution in [0.3, 0.4) is 0 Å². The molecule has 0 amide bonds. The molecule has 0 aromatic heterocycles. The summed E-state index contributed by atoms with van der Waals surface area (Å²) in [5, 5.41) is 11.4. The van der Waals surface area contributed by atoms with Crippen LogP contribution in [0.4, 0.5) is 0 Å². The minimum atomic E-state index is -0.465. The zero-order valence-electron chi connectivity index (χ0n) is 16.5. The fourth-order valence-electron chi connectivity index (χ4n) is 6.45. The number of allylic oxidation sites excluding steroid dienone is 2. The Morgan fingerprint density at radius 1 is 1.24 bits per heavy atom. The fourth-order valence-corrected chi connectivity index (χ4v) is 6.45. The molecule has 136 valence electrons. The van der Waals surface area contributed by atoms with Gasteiger partial charge in [-0.15, -0.1) is 0 Å². The predicted octanol–water partition coefficient (Wildman–Crippen LogP) is 5.97. The van der Waals surface area contributed by atoms with Gasteiger partial charge in [0.2, 0.25) is 0 Å². The first kappa shape index (κ1) is 18.5. The average molecular weight is 339 g/mol. The molecule has 0 saturated heterocycles. The van der Waals surface area contributed by atoms with Crippen LogP contribution in [0.1, 0.15) is 58.9 Å². The smallest absolute Gasteiger partial charge is 0.0812 e. The second kappa shape index (κ2) is 6.76. The lowest BCUT2D eigenvalue weighted by molar-refractivity contribution is -0.0465. The maximum absolute atomic E-state index is 11.4. The second-order valence-electron chi connectivity index (χ2n) is 8.76. The third-order valence-corrected chi connectivity index (χ3v) is 7.26. The summed E-state index contributed by atoms with van der Waals surface area (Å²) in [6.07, 6.45) is 4.24. The fraction of sp³-hybridized carbons (Fsp3) is 0.583. The first-order chi connectivity index (χ1) is 11.8. The first-order valence-electron chi connectivity index (χ1n) is 9.91. The Labute approximate surface area is 153 Å². The summed E-state index contributed by atoms with van der Waals surface area (Å²) in [5.41, 5.74) is 3.59. The molecule has 0 radical (unpaired) electrons. The monoisotopic (exact) mass is 338 g/mol. The van der Waals surface area contributed by atoms with Gasteiger partial charge >= 0.3 is 0 Å². The van der Waals surface area contributed by atoms with Crippen molar-refractivity contribution < 1.29 is 5.11 Å². The van der Waals surface area contributed by atoms with Crippen molar-refractivity contribution in [2.45, 2.75) is 59.5 Å². The van der Waals surface area contributed by atoms with Crippen LogP contribution in [-0.2, 0) is 0 Å². The standard InChI is InChI=1S/C24H34O/c1-7-24(23(25)15(2)3)20(19-11-9-8-10-12-19)14-17(5)21-16(4)13-18(6)22(21)24/h8-12,14,16,18,20-23,25H,2,7,13H2,1,3-6H3/t16-,18-,20-,21-,22+,23?,24-/m1/s1. The highest BCUT2D eigenvalue weighted by Crippen LogP contribution is 2.64. The highest BCUT2D eigenvalue weighted by Gasteiger charge is 2.59. The van der Waals surface area contributed by atoms with E-state index in [1.54, 1.807) is 0 Å². The van der Waals surface area contributed by atoms with Gasteiger partial charge in [0.15, 0.2) is 0 Å². The van der Waals surface area contributed by atoms with Crippen molar-refractivity contribution in [1.82, 2.24) is 0 Å². The van der Waals surface area contributed by atoms with Gasteiger partial charge in [0.05, 0.1) is 6.10 Å². The lowest BCUT2D eigenvalue weighted by atomic mass is 9.50. The predicted molar refractivity (Wildman–Crippen MR) is 106 cm³/mol. The third kappa shape index (κ3) is 2.72. The molecule has 1 aromatic carbocycles. The van der Waals surface area contributed by atoms with Crippen LogP contribution in [0.2, 0.25) is 0 Å². The third-order valence-electron chi connectivity index (χ3n) is 7.26. The summed E-state index contributed by atoms with van der Waals surface area (Å²) in [6.45, 7) is 15.5. The van der Waals surface area contributed by atoms with Gasteiger partial charge in [-0.05, 0) is 55.9 Å². The summed E-state index contributed by atoms with van der Waals surface area (Å²) < 4.78 is 0. The first-order valence-corrected chi connectivity index (χ1v) is 9.91. The number of benzene rings is 1. The van der Waals surface area contributed by atoms with E-state index >= 15 is 0 Å². The Morgan fingerprint density at radius 2 is 1.88 bits per heavy atom. The summed E-state index contributed by atoms with van der Waals surface area (Å²) in [7, 11) is 0. The summed E-state index contributed by atoms with van der Waals surface area (Å²) in [6, 6.07) is 10.8. The summed E-state index contributed by atoms with van der Waals surface area (Å²) in [4.78, 5) is 0. The Balaban J connectivity index is 2.24. The van der Waals surface area contributed by atoms with E-state index in [-0.39, 0.29) is 11.3 Å². The van der Waals surface area contributed by atoms with Crippen molar-refractivity contribution in [2.75, 3.05) is 0 Å². The molecule has 1 saturated carbocycles. The number of rotatable bonds is 4. The van der Waals surface area contributed by atoms with Gasteiger partial charge in [0, 0.05) is 11.3 Å². The van der Waals surface area contributed by atoms with Crippen molar-refractivity contribution in [2.24, 2.45) is 29.1 Å². The molecule has 3 rings (SSSR count). The minimum absolute atomic E-state index is 0.165. The zero-order valence-corrected chi connectivity index (χ0v) is 16.5. The number of aliphatic hydroxyl groups excluding tert-OH is 1. The van der Waals surface area contributed by atoms with E-state index in [4.69, 9.17) is 0 Å². The topological polar surface area (TPSA) is 20.2 Å². The zero-order chi connectivity index (χ0) is 18.4. The van der Waals surface area contributed by atoms with Gasteiger partial charge in [-0.3, -0.25) is 0 Å². The van der Waals surface area contributed by atoms with Crippen molar-refractivity contribution in [3.05, 3.63) is 59.7 Å². The van der Waals surface area contributed by atoms with Crippen LogP contribution in [0.15, 0.2) is 54.1 Å². The molecule has 2 aliphatic carbocycles. The molecule has 0 bridgehead atoms. The Hall–Kier alpha value is -1.34. The molecule has 2 aliphatic rings. The van der Waals surface area contributed by atoms with Crippen molar-refractivity contribution in [1.29, 1.82) is 0 Å². The van der Waals surface area contributed by atoms with Gasteiger partial charge in [0.1, 0.15) is 0 Å². The quantitative estimate of drug-likeness (QED) is 0.670. The molecular formula is C24H34O. The van der Waals surface area contributed by atoms with Crippen LogP contribution < -0.4 is 0 Å². The second-order valence-corrected chi connectivity index (χ2v) is 8.76. The molecular weight excluding hydrogens is 304 g/mol. The normalized spacial score (nSPS) is 38.8. The highest BCUT2D eigenvalue weighted by molar-refractivity contribution is 5.36. The molecule has 1 N–H and O–H groups in total. The molecule has 1 unspecified atom stereocenters. The van der Waals surface area contributed by atoms with Gasteiger partial charge < -0.3 is 5.11 Å². The highest BCUT2D eigenvalue weighted by atomic mass is 16.3. The maximum atomic E-state index is 11.4. The summed E-state index contributed by atoms with van der Waals surface area (Å²) >= 11 is 0. The molecule has 1 nitrogen and oxygen atoms in total. The van der Waals surface area contributed by atoms with E-state index in [0.29, 0.717) is 23.7 Å². The van der Waals surface area contributed by atoms with E-state index in [1.165, 1.54) is 17.6 Å². The van der Waals surface area contributed by atoms with E-state index < -0.39 is 6.10 Å². The van der Waals surface area contributed by atoms with Gasteiger partial charge in [-0.1, -0.05) is 74.9 Å². The molecule has 0 aliphatic heterocycles. The SMILES string of the molecule is C=C(C)C(O)[C@@]1(CC)[C@@H]2[C@@H](C(C)=C[C@@H]1c1ccccc1)[C@H](C)C[C@H]2C. The largest absolute Gasteiger partial charge is 0.388 e. The molecule has 1 fully saturated rings. The Bertz CT molecular complexity index is 658. The number of aliphatic hydroxyl groups is 1. The van der Waals surface area contributed by atoms with Crippen LogP contribution in [-0.4, -0.2) is 11.2 Å². The van der Waals surface area contributed by atoms with E-state index in [2.05, 4.69) is 70.7 Å². The molecule has 25 heavy (non-hydrogen) atoms. The van der Waals surface area contributed by atoms with E-state index in [0.717, 1.165) is 12.0 Å². The lowest BCUT2D eigenvalue weighted by Gasteiger charge is -2.54. The lowest BCUT2D eigenvalue weighted by Crippen LogP contribution is -2.51. The van der Waals surface area contributed by atoms with E-state index in [1.807, 2.05) is 6.92 Å². The van der Waals surface area contributed by atoms with Crippen LogP contribution >= 0.6 is 0 Å². The summed E-state index contributed by atoms with van der Waals surface area (Å²) in [5.74, 6) is 2.66. The Kier molecular flexibility index (Phi) is 4.99. The molecule has 0 spiro atoms. The molecule has 1 heteroatoms. The Morgan fingerprint density at radius 3 is 2.44 bits per heavy atom. The molecule has 0 heterocycles. The van der Waals surface area contributed by atoms with Crippen LogP contribution in [0, 0.1) is 29.1 Å². The van der Waals surface area contributed by atoms with Gasteiger partial charge in [-0.2, -0.15) is 0 Å². The van der Waals surface area contributed by atoms with E-state index in [9.17, 15) is 5.11 Å². The number of hydrogen-bond donors (Lipinski definition) is 1. The minimum Gasteiger partial charge on any atom is -0.388 e. The average Bonchev–Trinajstić information content (AvgIpc) is 2.91.